The molecule has 0 aliphatic carbocycles. The van der Waals surface area contributed by atoms with Gasteiger partial charge in [0.1, 0.15) is 11.5 Å². The summed E-state index contributed by atoms with van der Waals surface area (Å²) in [4.78, 5) is 10.8. The first-order valence-corrected chi connectivity index (χ1v) is 8.53. The van der Waals surface area contributed by atoms with Gasteiger partial charge in [-0.15, -0.1) is 0 Å². The standard InChI is InChI=1S/C20H25NO4/c1-2-7-19(22)18(12-13-24-20(21)23)15-8-6-11-17(14-15)25-16-9-4-3-5-10-16/h3-6,8-11,14,18-19,22H,2,7,12-13H2,1H3,(H2,21,23). The number of primary amides is 1. The molecule has 5 nitrogen and oxygen atoms in total. The van der Waals surface area contributed by atoms with E-state index in [2.05, 4.69) is 0 Å². The Morgan fingerprint density at radius 2 is 1.80 bits per heavy atom. The lowest BCUT2D eigenvalue weighted by molar-refractivity contribution is 0.106. The predicted molar refractivity (Wildman–Crippen MR) is 96.8 cm³/mol. The summed E-state index contributed by atoms with van der Waals surface area (Å²) in [6, 6.07) is 17.2. The average molecular weight is 343 g/mol. The highest BCUT2D eigenvalue weighted by Gasteiger charge is 2.21. The highest BCUT2D eigenvalue weighted by atomic mass is 16.5. The summed E-state index contributed by atoms with van der Waals surface area (Å²) < 4.78 is 10.7. The molecular weight excluding hydrogens is 318 g/mol. The number of carbonyl (C=O) groups excluding carboxylic acids is 1. The third kappa shape index (κ3) is 6.12. The van der Waals surface area contributed by atoms with Crippen LogP contribution in [0, 0.1) is 0 Å². The van der Waals surface area contributed by atoms with Crippen LogP contribution in [0.2, 0.25) is 0 Å². The van der Waals surface area contributed by atoms with Crippen molar-refractivity contribution in [2.24, 2.45) is 5.73 Å². The zero-order valence-electron chi connectivity index (χ0n) is 14.4. The van der Waals surface area contributed by atoms with Gasteiger partial charge in [0.25, 0.3) is 0 Å². The Hall–Kier alpha value is -2.53. The van der Waals surface area contributed by atoms with Crippen molar-refractivity contribution >= 4 is 6.09 Å². The van der Waals surface area contributed by atoms with Crippen molar-refractivity contribution in [3.05, 3.63) is 60.2 Å². The van der Waals surface area contributed by atoms with Gasteiger partial charge in [-0.05, 0) is 42.7 Å². The van der Waals surface area contributed by atoms with Gasteiger partial charge in [-0.2, -0.15) is 0 Å². The van der Waals surface area contributed by atoms with Crippen LogP contribution < -0.4 is 10.5 Å². The van der Waals surface area contributed by atoms with Crippen molar-refractivity contribution in [2.45, 2.75) is 38.2 Å². The third-order valence-electron chi connectivity index (χ3n) is 3.99. The average Bonchev–Trinajstić information content (AvgIpc) is 2.60. The van der Waals surface area contributed by atoms with E-state index in [1.165, 1.54) is 0 Å². The zero-order valence-corrected chi connectivity index (χ0v) is 14.4. The molecule has 0 aliphatic heterocycles. The largest absolute Gasteiger partial charge is 0.457 e. The van der Waals surface area contributed by atoms with Gasteiger partial charge < -0.3 is 20.3 Å². The van der Waals surface area contributed by atoms with E-state index < -0.39 is 12.2 Å². The van der Waals surface area contributed by atoms with Crippen LogP contribution in [0.1, 0.15) is 37.7 Å². The number of para-hydroxylation sites is 1. The lowest BCUT2D eigenvalue weighted by atomic mass is 9.88. The van der Waals surface area contributed by atoms with Crippen molar-refractivity contribution in [1.82, 2.24) is 0 Å². The Morgan fingerprint density at radius 3 is 2.48 bits per heavy atom. The maximum Gasteiger partial charge on any atom is 0.404 e. The van der Waals surface area contributed by atoms with Gasteiger partial charge >= 0.3 is 6.09 Å². The quantitative estimate of drug-likeness (QED) is 0.714. The molecule has 0 saturated carbocycles. The zero-order chi connectivity index (χ0) is 18.1. The number of ether oxygens (including phenoxy) is 2. The normalized spacial score (nSPS) is 13.0. The van der Waals surface area contributed by atoms with Gasteiger partial charge in [-0.1, -0.05) is 43.7 Å². The SMILES string of the molecule is CCCC(O)C(CCOC(N)=O)c1cccc(Oc2ccccc2)c1. The fourth-order valence-electron chi connectivity index (χ4n) is 2.80. The molecule has 0 bridgehead atoms. The molecule has 0 heterocycles. The van der Waals surface area contributed by atoms with Gasteiger partial charge in [0, 0.05) is 5.92 Å². The number of aliphatic hydroxyl groups excluding tert-OH is 1. The minimum atomic E-state index is -0.801. The Balaban J connectivity index is 2.14. The summed E-state index contributed by atoms with van der Waals surface area (Å²) >= 11 is 0. The molecule has 0 spiro atoms. The molecule has 3 N–H and O–H groups in total. The molecule has 0 aliphatic rings. The molecule has 1 amide bonds. The summed E-state index contributed by atoms with van der Waals surface area (Å²) in [5.41, 5.74) is 5.97. The summed E-state index contributed by atoms with van der Waals surface area (Å²) in [6.07, 6.45) is 0.719. The van der Waals surface area contributed by atoms with Crippen molar-refractivity contribution in [1.29, 1.82) is 0 Å². The van der Waals surface area contributed by atoms with Crippen molar-refractivity contribution in [3.63, 3.8) is 0 Å². The Morgan fingerprint density at radius 1 is 1.08 bits per heavy atom. The van der Waals surface area contributed by atoms with Gasteiger partial charge in [0.05, 0.1) is 12.7 Å². The van der Waals surface area contributed by atoms with Crippen molar-refractivity contribution in [2.75, 3.05) is 6.61 Å². The predicted octanol–water partition coefficient (Wildman–Crippen LogP) is 4.21. The first-order valence-electron chi connectivity index (χ1n) is 8.53. The van der Waals surface area contributed by atoms with Gasteiger partial charge in [-0.3, -0.25) is 0 Å². The summed E-state index contributed by atoms with van der Waals surface area (Å²) in [5, 5.41) is 10.5. The van der Waals surface area contributed by atoms with Crippen LogP contribution in [0.4, 0.5) is 4.79 Å². The molecule has 2 rings (SSSR count). The smallest absolute Gasteiger partial charge is 0.404 e. The number of aliphatic hydroxyl groups is 1. The highest BCUT2D eigenvalue weighted by Crippen LogP contribution is 2.30. The van der Waals surface area contributed by atoms with Crippen LogP contribution in [0.25, 0.3) is 0 Å². The summed E-state index contributed by atoms with van der Waals surface area (Å²) in [7, 11) is 0. The fourth-order valence-corrected chi connectivity index (χ4v) is 2.80. The Labute approximate surface area is 148 Å². The van der Waals surface area contributed by atoms with Crippen LogP contribution in [-0.4, -0.2) is 23.9 Å². The third-order valence-corrected chi connectivity index (χ3v) is 3.99. The molecular formula is C20H25NO4. The fraction of sp³-hybridized carbons (Fsp3) is 0.350. The second kappa shape index (κ2) is 9.69. The molecule has 5 heteroatoms. The number of amides is 1. The second-order valence-electron chi connectivity index (χ2n) is 5.91. The van der Waals surface area contributed by atoms with Gasteiger partial charge in [-0.25, -0.2) is 4.79 Å². The summed E-state index contributed by atoms with van der Waals surface area (Å²) in [6.45, 7) is 2.19. The molecule has 0 fully saturated rings. The molecule has 0 saturated heterocycles. The Kier molecular flexibility index (Phi) is 7.29. The van der Waals surface area contributed by atoms with E-state index >= 15 is 0 Å². The number of hydrogen-bond acceptors (Lipinski definition) is 4. The van der Waals surface area contributed by atoms with Gasteiger partial charge in [0.15, 0.2) is 0 Å². The van der Waals surface area contributed by atoms with Crippen LogP contribution in [0.5, 0.6) is 11.5 Å². The molecule has 25 heavy (non-hydrogen) atoms. The molecule has 2 atom stereocenters. The van der Waals surface area contributed by atoms with E-state index in [1.54, 1.807) is 0 Å². The first-order chi connectivity index (χ1) is 12.1. The number of carbonyl (C=O) groups is 1. The molecule has 2 unspecified atom stereocenters. The Bertz CT molecular complexity index is 660. The number of hydrogen-bond donors (Lipinski definition) is 2. The molecule has 0 radical (unpaired) electrons. The van der Waals surface area contributed by atoms with Crippen LogP contribution >= 0.6 is 0 Å². The molecule has 2 aromatic carbocycles. The minimum Gasteiger partial charge on any atom is -0.457 e. The van der Waals surface area contributed by atoms with E-state index in [1.807, 2.05) is 61.5 Å². The van der Waals surface area contributed by atoms with E-state index in [0.29, 0.717) is 18.6 Å². The monoisotopic (exact) mass is 343 g/mol. The summed E-state index contributed by atoms with van der Waals surface area (Å²) in [5.74, 6) is 1.30. The number of rotatable bonds is 9. The minimum absolute atomic E-state index is 0.154. The first kappa shape index (κ1) is 18.8. The van der Waals surface area contributed by atoms with Gasteiger partial charge in [0.2, 0.25) is 0 Å². The number of nitrogens with two attached hydrogens (primary N) is 1. The van der Waals surface area contributed by atoms with E-state index in [9.17, 15) is 9.90 Å². The second-order valence-corrected chi connectivity index (χ2v) is 5.91. The number of benzene rings is 2. The van der Waals surface area contributed by atoms with Crippen molar-refractivity contribution < 1.29 is 19.4 Å². The highest BCUT2D eigenvalue weighted by molar-refractivity contribution is 5.64. The molecule has 2 aromatic rings. The van der Waals surface area contributed by atoms with Crippen LogP contribution in [-0.2, 0) is 4.74 Å². The van der Waals surface area contributed by atoms with E-state index in [0.717, 1.165) is 17.7 Å². The van der Waals surface area contributed by atoms with E-state index in [4.69, 9.17) is 15.2 Å². The lowest BCUT2D eigenvalue weighted by Crippen LogP contribution is -2.22. The molecule has 134 valence electrons. The van der Waals surface area contributed by atoms with E-state index in [-0.39, 0.29) is 12.5 Å². The maximum atomic E-state index is 10.8. The van der Waals surface area contributed by atoms with Crippen LogP contribution in [0.15, 0.2) is 54.6 Å². The van der Waals surface area contributed by atoms with Crippen LogP contribution in [0.3, 0.4) is 0 Å². The maximum absolute atomic E-state index is 10.8. The van der Waals surface area contributed by atoms with Crippen molar-refractivity contribution in [3.8, 4) is 11.5 Å². The molecule has 0 aromatic heterocycles. The topological polar surface area (TPSA) is 81.8 Å². The lowest BCUT2D eigenvalue weighted by Gasteiger charge is -2.23.